The molecule has 5 nitrogen and oxygen atoms in total. The molecule has 0 spiro atoms. The van der Waals surface area contributed by atoms with Crippen molar-refractivity contribution in [2.24, 2.45) is 0 Å². The fraction of sp³-hybridized carbons (Fsp3) is 0.263. The molecule has 0 bridgehead atoms. The van der Waals surface area contributed by atoms with Gasteiger partial charge in [-0.3, -0.25) is 9.59 Å². The first-order chi connectivity index (χ1) is 12.1. The van der Waals surface area contributed by atoms with Crippen LogP contribution in [0, 0.1) is 0 Å². The number of carbonyl (C=O) groups excluding carboxylic acids is 2. The molecule has 1 N–H and O–H groups in total. The lowest BCUT2D eigenvalue weighted by Crippen LogP contribution is -2.38. The van der Waals surface area contributed by atoms with E-state index >= 15 is 0 Å². The summed E-state index contributed by atoms with van der Waals surface area (Å²) in [5.74, 6) is -0.409. The van der Waals surface area contributed by atoms with Crippen LogP contribution in [-0.2, 0) is 27.3 Å². The summed E-state index contributed by atoms with van der Waals surface area (Å²) in [4.78, 5) is 25.8. The van der Waals surface area contributed by atoms with Gasteiger partial charge in [-0.05, 0) is 41.8 Å². The fourth-order valence-corrected chi connectivity index (χ4v) is 2.89. The highest BCUT2D eigenvalue weighted by atomic mass is 35.5. The molecule has 0 radical (unpaired) electrons. The van der Waals surface area contributed by atoms with Crippen LogP contribution in [-0.4, -0.2) is 36.5 Å². The van der Waals surface area contributed by atoms with Gasteiger partial charge in [0.1, 0.15) is 13.2 Å². The summed E-state index contributed by atoms with van der Waals surface area (Å²) in [7, 11) is 0. The third kappa shape index (κ3) is 4.81. The maximum absolute atomic E-state index is 12.2. The predicted octanol–water partition coefficient (Wildman–Crippen LogP) is 2.88. The first-order valence-corrected chi connectivity index (χ1v) is 8.47. The van der Waals surface area contributed by atoms with Crippen LogP contribution in [0.1, 0.15) is 11.1 Å². The lowest BCUT2D eigenvalue weighted by Gasteiger charge is -2.28. The van der Waals surface area contributed by atoms with E-state index < -0.39 is 0 Å². The number of hydrogen-bond donors (Lipinski definition) is 1. The number of halogens is 1. The van der Waals surface area contributed by atoms with Gasteiger partial charge in [0.2, 0.25) is 11.8 Å². The summed E-state index contributed by atoms with van der Waals surface area (Å²) in [6, 6.07) is 14.9. The highest BCUT2D eigenvalue weighted by molar-refractivity contribution is 6.30. The Kier molecular flexibility index (Phi) is 5.68. The molecule has 0 unspecified atom stereocenters. The number of benzene rings is 2. The minimum atomic E-state index is -0.306. The Labute approximate surface area is 151 Å². The van der Waals surface area contributed by atoms with Gasteiger partial charge in [0.05, 0.1) is 0 Å². The quantitative estimate of drug-likeness (QED) is 0.894. The summed E-state index contributed by atoms with van der Waals surface area (Å²) in [6.45, 7) is 1.00. The van der Waals surface area contributed by atoms with Crippen molar-refractivity contribution in [3.8, 4) is 0 Å². The SMILES string of the molecule is O=C(COCC(=O)N1CCc2ccccc2C1)Nc1ccc(Cl)cc1. The van der Waals surface area contributed by atoms with Crippen molar-refractivity contribution in [3.63, 3.8) is 0 Å². The van der Waals surface area contributed by atoms with Crippen molar-refractivity contribution >= 4 is 29.1 Å². The number of rotatable bonds is 5. The van der Waals surface area contributed by atoms with Gasteiger partial charge in [-0.1, -0.05) is 35.9 Å². The lowest BCUT2D eigenvalue weighted by molar-refractivity contribution is -0.138. The van der Waals surface area contributed by atoms with E-state index in [-0.39, 0.29) is 25.0 Å². The minimum absolute atomic E-state index is 0.101. The van der Waals surface area contributed by atoms with Gasteiger partial charge in [-0.25, -0.2) is 0 Å². The van der Waals surface area contributed by atoms with Crippen molar-refractivity contribution in [1.82, 2.24) is 4.90 Å². The van der Waals surface area contributed by atoms with E-state index in [1.807, 2.05) is 18.2 Å². The lowest BCUT2D eigenvalue weighted by atomic mass is 10.00. The molecule has 2 amide bonds. The third-order valence-corrected chi connectivity index (χ3v) is 4.32. The topological polar surface area (TPSA) is 58.6 Å². The zero-order valence-corrected chi connectivity index (χ0v) is 14.5. The Morgan fingerprint density at radius 2 is 1.76 bits per heavy atom. The molecular formula is C19H19ClN2O3. The fourth-order valence-electron chi connectivity index (χ4n) is 2.76. The van der Waals surface area contributed by atoms with Crippen molar-refractivity contribution in [1.29, 1.82) is 0 Å². The smallest absolute Gasteiger partial charge is 0.250 e. The van der Waals surface area contributed by atoms with Crippen LogP contribution in [0.3, 0.4) is 0 Å². The van der Waals surface area contributed by atoms with Crippen LogP contribution in [0.4, 0.5) is 5.69 Å². The summed E-state index contributed by atoms with van der Waals surface area (Å²) >= 11 is 5.79. The molecule has 2 aromatic carbocycles. The molecular weight excluding hydrogens is 340 g/mol. The first kappa shape index (κ1) is 17.5. The minimum Gasteiger partial charge on any atom is -0.362 e. The molecule has 0 saturated heterocycles. The number of anilines is 1. The molecule has 130 valence electrons. The summed E-state index contributed by atoms with van der Waals surface area (Å²) in [6.07, 6.45) is 0.846. The predicted molar refractivity (Wildman–Crippen MR) is 96.5 cm³/mol. The highest BCUT2D eigenvalue weighted by Gasteiger charge is 2.20. The van der Waals surface area contributed by atoms with Crippen molar-refractivity contribution < 1.29 is 14.3 Å². The van der Waals surface area contributed by atoms with Crippen LogP contribution in [0.25, 0.3) is 0 Å². The average Bonchev–Trinajstić information content (AvgIpc) is 2.63. The van der Waals surface area contributed by atoms with Crippen LogP contribution in [0.5, 0.6) is 0 Å². The molecule has 3 rings (SSSR count). The molecule has 2 aromatic rings. The van der Waals surface area contributed by atoms with Gasteiger partial charge in [0.25, 0.3) is 0 Å². The number of ether oxygens (including phenoxy) is 1. The molecule has 6 heteroatoms. The Balaban J connectivity index is 1.42. The van der Waals surface area contributed by atoms with Gasteiger partial charge in [0.15, 0.2) is 0 Å². The Morgan fingerprint density at radius 3 is 2.52 bits per heavy atom. The van der Waals surface area contributed by atoms with Crippen LogP contribution >= 0.6 is 11.6 Å². The van der Waals surface area contributed by atoms with Crippen molar-refractivity contribution in [3.05, 3.63) is 64.7 Å². The number of carbonyl (C=O) groups is 2. The zero-order chi connectivity index (χ0) is 17.6. The maximum atomic E-state index is 12.2. The van der Waals surface area contributed by atoms with Crippen molar-refractivity contribution in [2.45, 2.75) is 13.0 Å². The highest BCUT2D eigenvalue weighted by Crippen LogP contribution is 2.18. The van der Waals surface area contributed by atoms with E-state index in [4.69, 9.17) is 16.3 Å². The van der Waals surface area contributed by atoms with Gasteiger partial charge in [0, 0.05) is 23.8 Å². The first-order valence-electron chi connectivity index (χ1n) is 8.09. The van der Waals surface area contributed by atoms with E-state index in [0.717, 1.165) is 6.42 Å². The normalized spacial score (nSPS) is 13.2. The molecule has 0 aliphatic carbocycles. The summed E-state index contributed by atoms with van der Waals surface area (Å²) in [5, 5.41) is 3.29. The van der Waals surface area contributed by atoms with E-state index in [1.165, 1.54) is 11.1 Å². The van der Waals surface area contributed by atoms with Gasteiger partial charge in [-0.15, -0.1) is 0 Å². The Hall–Kier alpha value is -2.37. The Bertz CT molecular complexity index is 762. The molecule has 0 aromatic heterocycles. The van der Waals surface area contributed by atoms with Crippen LogP contribution in [0.2, 0.25) is 5.02 Å². The number of nitrogens with one attached hydrogen (secondary N) is 1. The standard InChI is InChI=1S/C19H19ClN2O3/c20-16-5-7-17(8-6-16)21-18(23)12-25-13-19(24)22-10-9-14-3-1-2-4-15(14)11-22/h1-8H,9-13H2,(H,21,23). The van der Waals surface area contributed by atoms with Crippen molar-refractivity contribution in [2.75, 3.05) is 25.1 Å². The van der Waals surface area contributed by atoms with Gasteiger partial charge in [-0.2, -0.15) is 0 Å². The van der Waals surface area contributed by atoms with E-state index in [2.05, 4.69) is 11.4 Å². The molecule has 25 heavy (non-hydrogen) atoms. The maximum Gasteiger partial charge on any atom is 0.250 e. The zero-order valence-electron chi connectivity index (χ0n) is 13.7. The second kappa shape index (κ2) is 8.14. The van der Waals surface area contributed by atoms with Gasteiger partial charge < -0.3 is 15.0 Å². The molecule has 1 aliphatic rings. The number of amides is 2. The van der Waals surface area contributed by atoms with Gasteiger partial charge >= 0.3 is 0 Å². The van der Waals surface area contributed by atoms with Crippen LogP contribution < -0.4 is 5.32 Å². The van der Waals surface area contributed by atoms with Crippen LogP contribution in [0.15, 0.2) is 48.5 Å². The average molecular weight is 359 g/mol. The van der Waals surface area contributed by atoms with E-state index in [1.54, 1.807) is 29.2 Å². The second-order valence-electron chi connectivity index (χ2n) is 5.88. The molecule has 0 saturated carbocycles. The number of nitrogens with zero attached hydrogens (tertiary/aromatic N) is 1. The molecule has 0 atom stereocenters. The number of fused-ring (bicyclic) bond motifs is 1. The van der Waals surface area contributed by atoms with E-state index in [0.29, 0.717) is 23.8 Å². The Morgan fingerprint density at radius 1 is 1.04 bits per heavy atom. The summed E-state index contributed by atoms with van der Waals surface area (Å²) in [5.41, 5.74) is 3.09. The molecule has 1 heterocycles. The summed E-state index contributed by atoms with van der Waals surface area (Å²) < 4.78 is 5.27. The number of hydrogen-bond acceptors (Lipinski definition) is 3. The largest absolute Gasteiger partial charge is 0.362 e. The monoisotopic (exact) mass is 358 g/mol. The molecule has 1 aliphatic heterocycles. The van der Waals surface area contributed by atoms with E-state index in [9.17, 15) is 9.59 Å². The third-order valence-electron chi connectivity index (χ3n) is 4.07. The second-order valence-corrected chi connectivity index (χ2v) is 6.32. The molecule has 0 fully saturated rings.